The molecule has 2 rings (SSSR count). The van der Waals surface area contributed by atoms with Crippen LogP contribution in [0.4, 0.5) is 0 Å². The minimum absolute atomic E-state index is 0.351. The van der Waals surface area contributed by atoms with Gasteiger partial charge in [0.2, 0.25) is 0 Å². The highest BCUT2D eigenvalue weighted by atomic mass is 35.5. The minimum atomic E-state index is 0.351. The van der Waals surface area contributed by atoms with Crippen LogP contribution in [-0.4, -0.2) is 4.98 Å². The Balaban J connectivity index is 2.79. The van der Waals surface area contributed by atoms with Crippen LogP contribution in [0, 0.1) is 0 Å². The molecule has 1 heterocycles. The maximum Gasteiger partial charge on any atom is 0.0743 e. The number of benzene rings is 1. The van der Waals surface area contributed by atoms with Crippen molar-refractivity contribution in [2.24, 2.45) is 0 Å². The predicted octanol–water partition coefficient (Wildman–Crippen LogP) is 3.63. The molecule has 0 unspecified atom stereocenters. The van der Waals surface area contributed by atoms with Crippen molar-refractivity contribution in [1.29, 1.82) is 0 Å². The van der Waals surface area contributed by atoms with E-state index in [1.54, 1.807) is 6.20 Å². The maximum atomic E-state index is 6.09. The molecule has 0 fully saturated rings. The fourth-order valence-electron chi connectivity index (χ4n) is 1.26. The Labute approximate surface area is 86.3 Å². The van der Waals surface area contributed by atoms with Crippen molar-refractivity contribution in [2.75, 3.05) is 0 Å². The Hall–Kier alpha value is -0.790. The zero-order valence-electron chi connectivity index (χ0n) is 6.80. The number of hydrogen-bond donors (Lipinski definition) is 0. The van der Waals surface area contributed by atoms with Crippen LogP contribution >= 0.6 is 23.2 Å². The Morgan fingerprint density at radius 3 is 2.77 bits per heavy atom. The van der Waals surface area contributed by atoms with Crippen molar-refractivity contribution >= 4 is 34.0 Å². The molecule has 2 aromatic rings. The monoisotopic (exact) mass is 211 g/mol. The molecule has 0 N–H and O–H groups in total. The summed E-state index contributed by atoms with van der Waals surface area (Å²) in [4.78, 5) is 4.16. The zero-order valence-corrected chi connectivity index (χ0v) is 8.31. The van der Waals surface area contributed by atoms with Crippen molar-refractivity contribution in [1.82, 2.24) is 4.98 Å². The quantitative estimate of drug-likeness (QED) is 0.657. The first-order valence-corrected chi connectivity index (χ1v) is 4.82. The van der Waals surface area contributed by atoms with E-state index < -0.39 is 0 Å². The smallest absolute Gasteiger partial charge is 0.0743 e. The Kier molecular flexibility index (Phi) is 2.38. The van der Waals surface area contributed by atoms with E-state index in [4.69, 9.17) is 23.2 Å². The van der Waals surface area contributed by atoms with Gasteiger partial charge < -0.3 is 0 Å². The third-order valence-electron chi connectivity index (χ3n) is 1.94. The normalized spacial score (nSPS) is 10.6. The second kappa shape index (κ2) is 3.52. The third-order valence-corrected chi connectivity index (χ3v) is 2.61. The average molecular weight is 212 g/mol. The average Bonchev–Trinajstić information content (AvgIpc) is 2.19. The van der Waals surface area contributed by atoms with Crippen molar-refractivity contribution in [3.05, 3.63) is 41.2 Å². The van der Waals surface area contributed by atoms with E-state index in [0.717, 1.165) is 16.5 Å². The van der Waals surface area contributed by atoms with E-state index in [9.17, 15) is 0 Å². The van der Waals surface area contributed by atoms with Crippen molar-refractivity contribution in [3.8, 4) is 0 Å². The van der Waals surface area contributed by atoms with E-state index in [-0.39, 0.29) is 0 Å². The van der Waals surface area contributed by atoms with Gasteiger partial charge in [0.25, 0.3) is 0 Å². The van der Waals surface area contributed by atoms with Gasteiger partial charge in [-0.15, -0.1) is 11.6 Å². The number of fused-ring (bicyclic) bond motifs is 1. The Bertz CT molecular complexity index is 440. The summed E-state index contributed by atoms with van der Waals surface area (Å²) in [5.74, 6) is 0.351. The van der Waals surface area contributed by atoms with Crippen molar-refractivity contribution in [3.63, 3.8) is 0 Å². The van der Waals surface area contributed by atoms with Crippen LogP contribution in [0.5, 0.6) is 0 Å². The number of aromatic nitrogens is 1. The molecular formula is C10H7Cl2N. The lowest BCUT2D eigenvalue weighted by molar-refractivity contribution is 1.19. The van der Waals surface area contributed by atoms with Crippen molar-refractivity contribution < 1.29 is 0 Å². The number of hydrogen-bond acceptors (Lipinski definition) is 1. The number of halogens is 2. The molecule has 0 saturated heterocycles. The maximum absolute atomic E-state index is 6.09. The lowest BCUT2D eigenvalue weighted by Crippen LogP contribution is -1.87. The second-order valence-electron chi connectivity index (χ2n) is 2.74. The number of pyridine rings is 1. The first-order valence-electron chi connectivity index (χ1n) is 3.91. The summed E-state index contributed by atoms with van der Waals surface area (Å²) >= 11 is 11.8. The summed E-state index contributed by atoms with van der Waals surface area (Å²) in [6.07, 6.45) is 1.79. The molecular weight excluding hydrogens is 205 g/mol. The SMILES string of the molecule is ClCc1ncc2ccccc2c1Cl. The van der Waals surface area contributed by atoms with Crippen LogP contribution in [-0.2, 0) is 5.88 Å². The second-order valence-corrected chi connectivity index (χ2v) is 3.38. The molecule has 1 nitrogen and oxygen atoms in total. The molecule has 0 amide bonds. The summed E-state index contributed by atoms with van der Waals surface area (Å²) in [7, 11) is 0. The van der Waals surface area contributed by atoms with Crippen LogP contribution < -0.4 is 0 Å². The van der Waals surface area contributed by atoms with Gasteiger partial charge in [0.05, 0.1) is 16.6 Å². The third kappa shape index (κ3) is 1.50. The molecule has 1 aromatic carbocycles. The Morgan fingerprint density at radius 1 is 1.23 bits per heavy atom. The fraction of sp³-hybridized carbons (Fsp3) is 0.100. The van der Waals surface area contributed by atoms with Gasteiger partial charge >= 0.3 is 0 Å². The highest BCUT2D eigenvalue weighted by Crippen LogP contribution is 2.25. The standard InChI is InChI=1S/C10H7Cl2N/c11-5-9-10(12)8-4-2-1-3-7(8)6-13-9/h1-4,6H,5H2. The van der Waals surface area contributed by atoms with Gasteiger partial charge in [0, 0.05) is 17.0 Å². The van der Waals surface area contributed by atoms with Gasteiger partial charge in [-0.3, -0.25) is 4.98 Å². The molecule has 0 atom stereocenters. The largest absolute Gasteiger partial charge is 0.258 e. The van der Waals surface area contributed by atoms with Gasteiger partial charge in [-0.25, -0.2) is 0 Å². The molecule has 0 radical (unpaired) electrons. The van der Waals surface area contributed by atoms with E-state index in [2.05, 4.69) is 4.98 Å². The number of nitrogens with zero attached hydrogens (tertiary/aromatic N) is 1. The van der Waals surface area contributed by atoms with E-state index in [1.165, 1.54) is 0 Å². The first-order chi connectivity index (χ1) is 6.33. The lowest BCUT2D eigenvalue weighted by atomic mass is 10.1. The van der Waals surface area contributed by atoms with E-state index in [0.29, 0.717) is 10.9 Å². The van der Waals surface area contributed by atoms with Gasteiger partial charge in [-0.05, 0) is 0 Å². The molecule has 0 spiro atoms. The van der Waals surface area contributed by atoms with Crippen LogP contribution in [0.3, 0.4) is 0 Å². The predicted molar refractivity (Wildman–Crippen MR) is 56.3 cm³/mol. The van der Waals surface area contributed by atoms with Gasteiger partial charge in [0.15, 0.2) is 0 Å². The first kappa shape index (κ1) is 8.79. The topological polar surface area (TPSA) is 12.9 Å². The zero-order chi connectivity index (χ0) is 9.26. The summed E-state index contributed by atoms with van der Waals surface area (Å²) in [6, 6.07) is 7.86. The molecule has 66 valence electrons. The highest BCUT2D eigenvalue weighted by molar-refractivity contribution is 6.36. The van der Waals surface area contributed by atoms with Crippen LogP contribution in [0.2, 0.25) is 5.02 Å². The van der Waals surface area contributed by atoms with Crippen LogP contribution in [0.1, 0.15) is 5.69 Å². The Morgan fingerprint density at radius 2 is 2.00 bits per heavy atom. The van der Waals surface area contributed by atoms with Crippen LogP contribution in [0.15, 0.2) is 30.5 Å². The fourth-order valence-corrected chi connectivity index (χ4v) is 1.82. The van der Waals surface area contributed by atoms with Gasteiger partial charge in [-0.1, -0.05) is 35.9 Å². The minimum Gasteiger partial charge on any atom is -0.258 e. The molecule has 3 heteroatoms. The molecule has 0 aliphatic rings. The molecule has 0 saturated carbocycles. The van der Waals surface area contributed by atoms with Crippen LogP contribution in [0.25, 0.3) is 10.8 Å². The number of rotatable bonds is 1. The molecule has 0 aliphatic carbocycles. The summed E-state index contributed by atoms with van der Waals surface area (Å²) in [5.41, 5.74) is 0.738. The molecule has 13 heavy (non-hydrogen) atoms. The highest BCUT2D eigenvalue weighted by Gasteiger charge is 2.04. The molecule has 0 bridgehead atoms. The van der Waals surface area contributed by atoms with E-state index >= 15 is 0 Å². The number of alkyl halides is 1. The molecule has 0 aliphatic heterocycles. The molecule has 1 aromatic heterocycles. The summed E-state index contributed by atoms with van der Waals surface area (Å²) < 4.78 is 0. The summed E-state index contributed by atoms with van der Waals surface area (Å²) in [5, 5.41) is 2.71. The summed E-state index contributed by atoms with van der Waals surface area (Å²) in [6.45, 7) is 0. The van der Waals surface area contributed by atoms with E-state index in [1.807, 2.05) is 24.3 Å². The van der Waals surface area contributed by atoms with Gasteiger partial charge in [-0.2, -0.15) is 0 Å². The lowest BCUT2D eigenvalue weighted by Gasteiger charge is -2.02. The van der Waals surface area contributed by atoms with Gasteiger partial charge in [0.1, 0.15) is 0 Å². The van der Waals surface area contributed by atoms with Crippen molar-refractivity contribution in [2.45, 2.75) is 5.88 Å².